The molecule has 13 heterocycles. The topological polar surface area (TPSA) is 245 Å². The fraction of sp³-hybridized carbons (Fsp3) is 0.455. The second-order valence-electron chi connectivity index (χ2n) is 32.9. The van der Waals surface area contributed by atoms with E-state index in [1.165, 1.54) is 51.4 Å². The van der Waals surface area contributed by atoms with Gasteiger partial charge in [-0.05, 0) is 103 Å². The Morgan fingerprint density at radius 1 is 0.211 bits per heavy atom. The number of hydrazine groups is 8. The van der Waals surface area contributed by atoms with E-state index in [-0.39, 0.29) is 0 Å². The van der Waals surface area contributed by atoms with Gasteiger partial charge in [0.25, 0.3) is 0 Å². The van der Waals surface area contributed by atoms with Crippen LogP contribution in [0.4, 0.5) is 45.5 Å². The molecule has 21 rings (SSSR count). The van der Waals surface area contributed by atoms with Crippen LogP contribution in [0.15, 0.2) is 97.1 Å². The quantitative estimate of drug-likeness (QED) is 0.0419. The summed E-state index contributed by atoms with van der Waals surface area (Å²) in [5.74, 6) is 2.00. The van der Waals surface area contributed by atoms with Gasteiger partial charge in [-0.25, -0.2) is 50.0 Å². The molecule has 0 amide bonds. The molecule has 11 aromatic rings. The normalized spacial score (nSPS) is 19.6. The van der Waals surface area contributed by atoms with Crippen LogP contribution in [0.3, 0.4) is 0 Å². The maximum atomic E-state index is 8.19. The SMILES string of the molecule is [O]=[V+2].c1ccc2c(NN3CCCCC3)c3c(c(NN4CCCCC4)c2c1)-c1nc-3nc2[n-]c(nc3nc(nc4[n-]c(n1)c1c(NN5CCCCC5)c5ccccc5c(NN5CCCCC5)c41)-c1c-3c(NN3CCCCC3)c3ccccc3c1NN1CCCCC1)c1c(NN3CCCCC3)c3ccccc3c(NN3CCCCC3)c21. The molecule has 25 nitrogen and oxygen atoms in total. The van der Waals surface area contributed by atoms with Gasteiger partial charge in [-0.3, -0.25) is 0 Å². The Bertz CT molecular complexity index is 4930. The second kappa shape index (κ2) is 32.7. The van der Waals surface area contributed by atoms with Crippen LogP contribution >= 0.6 is 0 Å². The molecule has 26 heteroatoms. The maximum Gasteiger partial charge on any atom is 0.0950 e. The molecule has 3 aromatic heterocycles. The van der Waals surface area contributed by atoms with E-state index in [0.29, 0.717) is 45.9 Å². The molecule has 8 N–H and O–H groups in total. The van der Waals surface area contributed by atoms with Crippen molar-refractivity contribution >= 4 is 133 Å². The molecule has 0 atom stereocenters. The third-order valence-corrected chi connectivity index (χ3v) is 25.4. The van der Waals surface area contributed by atoms with Crippen molar-refractivity contribution in [2.75, 3.05) is 148 Å². The second-order valence-corrected chi connectivity index (χ2v) is 32.9. The summed E-state index contributed by atoms with van der Waals surface area (Å²) in [4.78, 5) is 49.1. The minimum absolute atomic E-state index is 0.499. The predicted octanol–water partition coefficient (Wildman–Crippen LogP) is 17.1. The van der Waals surface area contributed by atoms with Crippen LogP contribution in [0.5, 0.6) is 0 Å². The molecular formula is C88H104N24OV. The van der Waals surface area contributed by atoms with Crippen molar-refractivity contribution < 1.29 is 21.0 Å². The van der Waals surface area contributed by atoms with Gasteiger partial charge >= 0.3 is 21.0 Å². The first kappa shape index (κ1) is 73.5. The predicted molar refractivity (Wildman–Crippen MR) is 457 cm³/mol. The van der Waals surface area contributed by atoms with E-state index in [0.717, 1.165) is 357 Å². The Hall–Kier alpha value is -9.38. The van der Waals surface area contributed by atoms with Gasteiger partial charge in [0.1, 0.15) is 0 Å². The first-order valence-corrected chi connectivity index (χ1v) is 43.5. The van der Waals surface area contributed by atoms with Gasteiger partial charge in [0, 0.05) is 214 Å². The van der Waals surface area contributed by atoms with E-state index in [9.17, 15) is 0 Å². The van der Waals surface area contributed by atoms with Crippen LogP contribution in [-0.2, 0) is 21.0 Å². The third kappa shape index (κ3) is 14.1. The molecule has 0 saturated carbocycles. The van der Waals surface area contributed by atoms with Gasteiger partial charge in [0.15, 0.2) is 0 Å². The monoisotopic (exact) mass is 1560 g/mol. The van der Waals surface area contributed by atoms with Crippen molar-refractivity contribution in [2.45, 2.75) is 154 Å². The Balaban J connectivity index is 0.00000418. The van der Waals surface area contributed by atoms with E-state index in [1.54, 1.807) is 0 Å². The summed E-state index contributed by atoms with van der Waals surface area (Å²) in [6.45, 7) is 14.3. The van der Waals surface area contributed by atoms with Crippen LogP contribution in [0, 0.1) is 0 Å². The standard InChI is InChI=1S/C88H104N24.O.V/c1-17-41-105(42-18-1)97-73-57-33-9-10-34-58(57)74(98-106-43-19-2-20-44-106)66-65(73)81-89-82(66)94-84-69-70(78(102-110-51-27-6-28-52-110)62-38-14-13-37-61(62)77(69)101-109-49-25-5-26-50-109)86(91-84)96-88-72-71(79(103-111-53-29-7-30-54-111)63-39-15-16-40-64(63)80(72)104-112-55-31-8-32-56-112)87(92-88)95-85-68-67(83(90-85)93-81)75(99-107-45-21-3-22-46-107)59-35-11-12-36-60(59)76(68)100-108-47-23-4-24-48-108;;/h9-16,33-40,97-104H,1-8,17-32,41-56H2;;/q-2;;+2. The first-order valence-electron chi connectivity index (χ1n) is 42.9. The molecule has 0 aliphatic carbocycles. The summed E-state index contributed by atoms with van der Waals surface area (Å²) in [6, 6.07) is 35.7. The molecule has 0 unspecified atom stereocenters. The number of nitrogens with zero attached hydrogens (tertiary/aromatic N) is 16. The number of anilines is 8. The van der Waals surface area contributed by atoms with Crippen LogP contribution < -0.4 is 53.4 Å². The molecular weight excluding hydrogens is 1460 g/mol. The van der Waals surface area contributed by atoms with Gasteiger partial charge in [0.2, 0.25) is 0 Å². The van der Waals surface area contributed by atoms with Crippen molar-refractivity contribution in [1.82, 2.24) is 79.9 Å². The summed E-state index contributed by atoms with van der Waals surface area (Å²) >= 11 is 1.06. The molecule has 0 spiro atoms. The molecule has 114 heavy (non-hydrogen) atoms. The summed E-state index contributed by atoms with van der Waals surface area (Å²) in [5, 5.41) is 31.3. The smallest absolute Gasteiger partial charge is 0.0950 e. The first-order chi connectivity index (χ1) is 56.5. The van der Waals surface area contributed by atoms with E-state index < -0.39 is 0 Å². The fourth-order valence-corrected chi connectivity index (χ4v) is 19.7. The number of fused-ring (bicyclic) bond motifs is 24. The molecule has 8 saturated heterocycles. The van der Waals surface area contributed by atoms with E-state index in [4.69, 9.17) is 43.5 Å². The van der Waals surface area contributed by atoms with Crippen LogP contribution in [0.1, 0.15) is 154 Å². The Morgan fingerprint density at radius 3 is 0.526 bits per heavy atom. The Labute approximate surface area is 674 Å². The largest absolute Gasteiger partial charge is 0.357 e. The zero-order chi connectivity index (χ0) is 76.0. The van der Waals surface area contributed by atoms with Gasteiger partial charge in [-0.15, -0.1) is 0 Å². The Kier molecular flexibility index (Phi) is 21.1. The zero-order valence-electron chi connectivity index (χ0n) is 65.5. The van der Waals surface area contributed by atoms with Gasteiger partial charge in [-0.2, -0.15) is 0 Å². The average molecular weight is 1560 g/mol. The molecule has 8 aromatic carbocycles. The number of aromatic nitrogens is 8. The summed E-state index contributed by atoms with van der Waals surface area (Å²) in [6.07, 6.45) is 26.8. The van der Waals surface area contributed by atoms with E-state index in [2.05, 4.69) is 181 Å². The van der Waals surface area contributed by atoms with Gasteiger partial charge < -0.3 is 73.3 Å². The number of hydrogen-bond acceptors (Lipinski definition) is 23. The summed E-state index contributed by atoms with van der Waals surface area (Å²) < 4.78 is 8.19. The van der Waals surface area contributed by atoms with Crippen molar-refractivity contribution in [3.05, 3.63) is 97.1 Å². The third-order valence-electron chi connectivity index (χ3n) is 25.4. The molecule has 10 aliphatic rings. The summed E-state index contributed by atoms with van der Waals surface area (Å²) in [7, 11) is 0. The van der Waals surface area contributed by atoms with Crippen molar-refractivity contribution in [3.63, 3.8) is 0 Å². The minimum Gasteiger partial charge on any atom is -0.357 e. The maximum absolute atomic E-state index is 8.19. The molecule has 8 fully saturated rings. The minimum atomic E-state index is 0.499. The Morgan fingerprint density at radius 2 is 0.360 bits per heavy atom. The number of nitrogens with one attached hydrogen (secondary N) is 8. The van der Waals surface area contributed by atoms with Crippen LogP contribution in [0.25, 0.3) is 133 Å². The number of rotatable bonds is 16. The van der Waals surface area contributed by atoms with Crippen molar-refractivity contribution in [1.29, 1.82) is 0 Å². The van der Waals surface area contributed by atoms with Gasteiger partial charge in [0.05, 0.1) is 68.8 Å². The van der Waals surface area contributed by atoms with Crippen molar-refractivity contribution in [3.8, 4) is 45.6 Å². The number of hydrogen-bond donors (Lipinski definition) is 8. The van der Waals surface area contributed by atoms with Gasteiger partial charge in [-0.1, -0.05) is 148 Å². The molecule has 10 aliphatic heterocycles. The fourth-order valence-electron chi connectivity index (χ4n) is 19.7. The van der Waals surface area contributed by atoms with Crippen LogP contribution in [0.2, 0.25) is 0 Å². The summed E-state index contributed by atoms with van der Waals surface area (Å²) in [5.41, 5.74) is 46.2. The number of benzene rings is 8. The van der Waals surface area contributed by atoms with E-state index >= 15 is 0 Å². The zero-order valence-corrected chi connectivity index (χ0v) is 66.9. The van der Waals surface area contributed by atoms with E-state index in [1.807, 2.05) is 0 Å². The molecule has 8 bridgehead atoms. The molecule has 0 radical (unpaired) electrons. The average Bonchev–Trinajstić information content (AvgIpc) is 1.54. The van der Waals surface area contributed by atoms with Crippen molar-refractivity contribution in [2.24, 2.45) is 0 Å². The molecule has 587 valence electrons. The van der Waals surface area contributed by atoms with Crippen LogP contribution in [-0.4, -0.2) is 175 Å². The number of piperidine rings is 8.